The maximum atomic E-state index is 11.9. The Morgan fingerprint density at radius 3 is 2.25 bits per heavy atom. The molecule has 0 aromatic heterocycles. The first-order chi connectivity index (χ1) is 9.47. The Balaban J connectivity index is 2.24. The molecule has 2 aromatic rings. The molecule has 0 aliphatic rings. The lowest BCUT2D eigenvalue weighted by atomic mass is 10.1. The van der Waals surface area contributed by atoms with Gasteiger partial charge in [-0.2, -0.15) is 0 Å². The Morgan fingerprint density at radius 2 is 1.55 bits per heavy atom. The first-order valence-electron chi connectivity index (χ1n) is 5.74. The van der Waals surface area contributed by atoms with Crippen LogP contribution in [0.2, 0.25) is 0 Å². The monoisotopic (exact) mass is 272 g/mol. The van der Waals surface area contributed by atoms with E-state index in [-0.39, 0.29) is 28.6 Å². The highest BCUT2D eigenvalue weighted by molar-refractivity contribution is 6.07. The summed E-state index contributed by atoms with van der Waals surface area (Å²) in [6.45, 7) is 0. The molecule has 0 amide bonds. The predicted molar refractivity (Wildman–Crippen MR) is 72.9 cm³/mol. The topological polar surface area (TPSA) is 98.0 Å². The van der Waals surface area contributed by atoms with Gasteiger partial charge in [0, 0.05) is 11.1 Å². The van der Waals surface area contributed by atoms with Gasteiger partial charge in [0.1, 0.15) is 11.5 Å². The number of allylic oxidation sites excluding steroid dienone is 1. The van der Waals surface area contributed by atoms with Gasteiger partial charge in [0.25, 0.3) is 0 Å². The number of aromatic hydroxyl groups is 4. The smallest absolute Gasteiger partial charge is 0.185 e. The third-order valence-corrected chi connectivity index (χ3v) is 2.69. The van der Waals surface area contributed by atoms with Crippen molar-refractivity contribution >= 4 is 11.9 Å². The van der Waals surface area contributed by atoms with Gasteiger partial charge in [0.05, 0.1) is 0 Å². The van der Waals surface area contributed by atoms with Crippen LogP contribution in [-0.4, -0.2) is 26.2 Å². The quantitative estimate of drug-likeness (QED) is 0.298. The van der Waals surface area contributed by atoms with Crippen LogP contribution in [0.3, 0.4) is 0 Å². The molecule has 2 rings (SSSR count). The predicted octanol–water partition coefficient (Wildman–Crippen LogP) is 2.41. The molecule has 0 heterocycles. The zero-order valence-corrected chi connectivity index (χ0v) is 10.3. The van der Waals surface area contributed by atoms with Crippen LogP contribution in [0.4, 0.5) is 0 Å². The molecule has 4 N–H and O–H groups in total. The van der Waals surface area contributed by atoms with E-state index in [0.717, 1.165) is 6.07 Å². The molecule has 5 heteroatoms. The van der Waals surface area contributed by atoms with E-state index >= 15 is 0 Å². The molecule has 0 saturated carbocycles. The number of carbonyl (C=O) groups is 1. The summed E-state index contributed by atoms with van der Waals surface area (Å²) >= 11 is 0. The molecule has 0 aliphatic carbocycles. The van der Waals surface area contributed by atoms with Crippen LogP contribution in [-0.2, 0) is 0 Å². The number of carbonyl (C=O) groups excluding carboxylic acids is 1. The summed E-state index contributed by atoms with van der Waals surface area (Å²) in [5.41, 5.74) is 0.484. The number of benzene rings is 2. The van der Waals surface area contributed by atoms with Crippen molar-refractivity contribution in [3.8, 4) is 23.0 Å². The van der Waals surface area contributed by atoms with Crippen LogP contribution < -0.4 is 0 Å². The fourth-order valence-corrected chi connectivity index (χ4v) is 1.61. The minimum absolute atomic E-state index is 0.0304. The molecule has 0 spiro atoms. The molecule has 0 bridgehead atoms. The summed E-state index contributed by atoms with van der Waals surface area (Å²) in [6, 6.07) is 7.67. The van der Waals surface area contributed by atoms with Crippen molar-refractivity contribution in [1.82, 2.24) is 0 Å². The summed E-state index contributed by atoms with van der Waals surface area (Å²) < 4.78 is 0. The van der Waals surface area contributed by atoms with Gasteiger partial charge in [-0.3, -0.25) is 4.79 Å². The van der Waals surface area contributed by atoms with Crippen molar-refractivity contribution < 1.29 is 25.2 Å². The van der Waals surface area contributed by atoms with Gasteiger partial charge in [-0.25, -0.2) is 0 Å². The summed E-state index contributed by atoms with van der Waals surface area (Å²) in [4.78, 5) is 11.9. The largest absolute Gasteiger partial charge is 0.508 e. The van der Waals surface area contributed by atoms with Crippen molar-refractivity contribution in [2.24, 2.45) is 0 Å². The second-order valence-electron chi connectivity index (χ2n) is 4.14. The van der Waals surface area contributed by atoms with Crippen LogP contribution in [0.25, 0.3) is 6.08 Å². The summed E-state index contributed by atoms with van der Waals surface area (Å²) in [6.07, 6.45) is 2.54. The zero-order valence-electron chi connectivity index (χ0n) is 10.3. The molecule has 0 radical (unpaired) electrons. The average Bonchev–Trinajstić information content (AvgIpc) is 2.42. The first-order valence-corrected chi connectivity index (χ1v) is 5.74. The van der Waals surface area contributed by atoms with Crippen molar-refractivity contribution in [3.05, 3.63) is 53.6 Å². The molecule has 0 aliphatic heterocycles. The fourth-order valence-electron chi connectivity index (χ4n) is 1.61. The molecule has 0 fully saturated rings. The van der Waals surface area contributed by atoms with E-state index in [9.17, 15) is 20.1 Å². The Morgan fingerprint density at radius 1 is 0.850 bits per heavy atom. The summed E-state index contributed by atoms with van der Waals surface area (Å²) in [7, 11) is 0. The Bertz CT molecular complexity index is 689. The van der Waals surface area contributed by atoms with Crippen LogP contribution in [0.15, 0.2) is 42.5 Å². The van der Waals surface area contributed by atoms with Gasteiger partial charge in [-0.15, -0.1) is 0 Å². The molecule has 2 aromatic carbocycles. The molecule has 102 valence electrons. The number of rotatable bonds is 3. The Hall–Kier alpha value is -2.95. The molecular weight excluding hydrogens is 260 g/mol. The van der Waals surface area contributed by atoms with E-state index in [4.69, 9.17) is 5.11 Å². The van der Waals surface area contributed by atoms with Gasteiger partial charge < -0.3 is 20.4 Å². The van der Waals surface area contributed by atoms with E-state index in [1.165, 1.54) is 42.5 Å². The minimum Gasteiger partial charge on any atom is -0.508 e. The Kier molecular flexibility index (Phi) is 3.61. The van der Waals surface area contributed by atoms with Crippen LogP contribution in [0, 0.1) is 0 Å². The number of phenols is 4. The summed E-state index contributed by atoms with van der Waals surface area (Å²) in [5.74, 6) is -1.21. The van der Waals surface area contributed by atoms with Gasteiger partial charge >= 0.3 is 0 Å². The van der Waals surface area contributed by atoms with Gasteiger partial charge in [-0.1, -0.05) is 0 Å². The zero-order chi connectivity index (χ0) is 14.7. The first kappa shape index (κ1) is 13.5. The van der Waals surface area contributed by atoms with Crippen LogP contribution >= 0.6 is 0 Å². The van der Waals surface area contributed by atoms with E-state index in [2.05, 4.69) is 0 Å². The number of ketones is 1. The van der Waals surface area contributed by atoms with Crippen LogP contribution in [0.5, 0.6) is 23.0 Å². The summed E-state index contributed by atoms with van der Waals surface area (Å²) in [5, 5.41) is 37.3. The molecule has 0 unspecified atom stereocenters. The van der Waals surface area contributed by atoms with Crippen molar-refractivity contribution in [1.29, 1.82) is 0 Å². The van der Waals surface area contributed by atoms with Crippen molar-refractivity contribution in [3.63, 3.8) is 0 Å². The van der Waals surface area contributed by atoms with Crippen molar-refractivity contribution in [2.45, 2.75) is 0 Å². The molecule has 5 nitrogen and oxygen atoms in total. The molecule has 20 heavy (non-hydrogen) atoms. The number of hydrogen-bond acceptors (Lipinski definition) is 5. The van der Waals surface area contributed by atoms with E-state index < -0.39 is 5.78 Å². The normalized spacial score (nSPS) is 10.8. The number of hydrogen-bond donors (Lipinski definition) is 4. The van der Waals surface area contributed by atoms with Gasteiger partial charge in [0.2, 0.25) is 0 Å². The van der Waals surface area contributed by atoms with E-state index in [1.807, 2.05) is 0 Å². The molecule has 0 atom stereocenters. The third kappa shape index (κ3) is 2.89. The van der Waals surface area contributed by atoms with Gasteiger partial charge in [-0.05, 0) is 48.6 Å². The molecule has 0 saturated heterocycles. The second kappa shape index (κ2) is 5.36. The minimum atomic E-state index is -0.414. The Labute approximate surface area is 114 Å². The lowest BCUT2D eigenvalue weighted by molar-refractivity contribution is 0.104. The highest BCUT2D eigenvalue weighted by Gasteiger charge is 2.06. The van der Waals surface area contributed by atoms with E-state index in [1.54, 1.807) is 0 Å². The fraction of sp³-hybridized carbons (Fsp3) is 0. The lowest BCUT2D eigenvalue weighted by Gasteiger charge is -2.01. The van der Waals surface area contributed by atoms with Crippen molar-refractivity contribution in [2.75, 3.05) is 0 Å². The standard InChI is InChI=1S/C15H12O5/c16-11-3-6-13(18)9(7-11)1-4-12(17)10-2-5-14(19)15(20)8-10/h1-8,16,18-20H/b4-1+. The maximum absolute atomic E-state index is 11.9. The maximum Gasteiger partial charge on any atom is 0.185 e. The highest BCUT2D eigenvalue weighted by Crippen LogP contribution is 2.26. The van der Waals surface area contributed by atoms with E-state index in [0.29, 0.717) is 5.56 Å². The third-order valence-electron chi connectivity index (χ3n) is 2.69. The second-order valence-corrected chi connectivity index (χ2v) is 4.14. The lowest BCUT2D eigenvalue weighted by Crippen LogP contribution is -1.93. The SMILES string of the molecule is O=C(/C=C/c1cc(O)ccc1O)c1ccc(O)c(O)c1. The molecular formula is C15H12O5. The van der Waals surface area contributed by atoms with Crippen LogP contribution in [0.1, 0.15) is 15.9 Å². The van der Waals surface area contributed by atoms with Gasteiger partial charge in [0.15, 0.2) is 17.3 Å². The number of phenolic OH excluding ortho intramolecular Hbond substituents is 4. The average molecular weight is 272 g/mol. The highest BCUT2D eigenvalue weighted by atomic mass is 16.3.